The molecular formula is C11H22N2S. The highest BCUT2D eigenvalue weighted by Crippen LogP contribution is 2.30. The molecule has 2 heterocycles. The number of hydrogen-bond donors (Lipinski definition) is 1. The normalized spacial score (nSPS) is 36.4. The van der Waals surface area contributed by atoms with Gasteiger partial charge in [-0.15, -0.1) is 0 Å². The predicted octanol–water partition coefficient (Wildman–Crippen LogP) is 1.55. The van der Waals surface area contributed by atoms with Crippen molar-refractivity contribution in [3.63, 3.8) is 0 Å². The summed E-state index contributed by atoms with van der Waals surface area (Å²) in [4.78, 5) is 2.72. The van der Waals surface area contributed by atoms with Crippen molar-refractivity contribution in [2.24, 2.45) is 11.7 Å². The average molecular weight is 214 g/mol. The largest absolute Gasteiger partial charge is 0.330 e. The summed E-state index contributed by atoms with van der Waals surface area (Å²) in [5.74, 6) is 3.49. The van der Waals surface area contributed by atoms with Crippen LogP contribution in [0.3, 0.4) is 0 Å². The molecule has 2 unspecified atom stereocenters. The maximum Gasteiger partial charge on any atom is 0.0114 e. The smallest absolute Gasteiger partial charge is 0.0114 e. The first kappa shape index (κ1) is 10.8. The van der Waals surface area contributed by atoms with Crippen LogP contribution in [0.5, 0.6) is 0 Å². The first-order chi connectivity index (χ1) is 6.81. The van der Waals surface area contributed by atoms with E-state index < -0.39 is 0 Å². The van der Waals surface area contributed by atoms with Crippen LogP contribution < -0.4 is 5.73 Å². The lowest BCUT2D eigenvalue weighted by atomic mass is 10.1. The van der Waals surface area contributed by atoms with Gasteiger partial charge >= 0.3 is 0 Å². The van der Waals surface area contributed by atoms with Crippen molar-refractivity contribution < 1.29 is 0 Å². The zero-order valence-electron chi connectivity index (χ0n) is 9.11. The molecule has 0 radical (unpaired) electrons. The van der Waals surface area contributed by atoms with E-state index in [9.17, 15) is 0 Å². The van der Waals surface area contributed by atoms with E-state index in [2.05, 4.69) is 23.6 Å². The lowest BCUT2D eigenvalue weighted by Gasteiger charge is -2.34. The van der Waals surface area contributed by atoms with Gasteiger partial charge in [0.1, 0.15) is 0 Å². The molecule has 2 saturated heterocycles. The quantitative estimate of drug-likeness (QED) is 0.756. The molecule has 0 amide bonds. The second-order valence-electron chi connectivity index (χ2n) is 4.73. The van der Waals surface area contributed by atoms with E-state index in [4.69, 9.17) is 5.73 Å². The molecular weight excluding hydrogens is 192 g/mol. The standard InChI is InChI=1S/C11H22N2S/c1-9-6-10(7-12)8-13(9)11-2-4-14-5-3-11/h9-11H,2-8,12H2,1H3. The maximum atomic E-state index is 5.76. The summed E-state index contributed by atoms with van der Waals surface area (Å²) < 4.78 is 0. The molecule has 2 N–H and O–H groups in total. The minimum absolute atomic E-state index is 0.763. The molecule has 0 saturated carbocycles. The topological polar surface area (TPSA) is 29.3 Å². The van der Waals surface area contributed by atoms with Gasteiger partial charge in [0.05, 0.1) is 0 Å². The summed E-state index contributed by atoms with van der Waals surface area (Å²) in [6.07, 6.45) is 4.11. The summed E-state index contributed by atoms with van der Waals surface area (Å²) in [5.41, 5.74) is 5.76. The molecule has 14 heavy (non-hydrogen) atoms. The lowest BCUT2D eigenvalue weighted by molar-refractivity contribution is 0.176. The zero-order valence-corrected chi connectivity index (χ0v) is 9.93. The van der Waals surface area contributed by atoms with Crippen LogP contribution in [0.1, 0.15) is 26.2 Å². The summed E-state index contributed by atoms with van der Waals surface area (Å²) in [6.45, 7) is 4.51. The van der Waals surface area contributed by atoms with E-state index in [1.54, 1.807) is 0 Å². The van der Waals surface area contributed by atoms with E-state index in [0.717, 1.165) is 24.5 Å². The van der Waals surface area contributed by atoms with Crippen molar-refractivity contribution in [3.8, 4) is 0 Å². The molecule has 0 bridgehead atoms. The van der Waals surface area contributed by atoms with E-state index >= 15 is 0 Å². The van der Waals surface area contributed by atoms with Crippen LogP contribution in [-0.2, 0) is 0 Å². The fourth-order valence-electron chi connectivity index (χ4n) is 2.87. The molecule has 0 spiro atoms. The number of nitrogens with two attached hydrogens (primary N) is 1. The third-order valence-corrected chi connectivity index (χ3v) is 4.75. The van der Waals surface area contributed by atoms with Crippen LogP contribution in [0.2, 0.25) is 0 Å². The van der Waals surface area contributed by atoms with Crippen LogP contribution >= 0.6 is 11.8 Å². The van der Waals surface area contributed by atoms with Gasteiger partial charge in [0.25, 0.3) is 0 Å². The van der Waals surface area contributed by atoms with E-state index in [0.29, 0.717) is 0 Å². The second kappa shape index (κ2) is 4.86. The number of rotatable bonds is 2. The highest BCUT2D eigenvalue weighted by Gasteiger charge is 2.33. The zero-order chi connectivity index (χ0) is 9.97. The Labute approximate surface area is 91.6 Å². The molecule has 2 aliphatic heterocycles. The van der Waals surface area contributed by atoms with Gasteiger partial charge in [0.15, 0.2) is 0 Å². The maximum absolute atomic E-state index is 5.76. The molecule has 2 atom stereocenters. The van der Waals surface area contributed by atoms with Crippen molar-refractivity contribution in [2.45, 2.75) is 38.3 Å². The van der Waals surface area contributed by atoms with Crippen LogP contribution in [0, 0.1) is 5.92 Å². The fourth-order valence-corrected chi connectivity index (χ4v) is 3.95. The van der Waals surface area contributed by atoms with Gasteiger partial charge in [-0.05, 0) is 50.2 Å². The Morgan fingerprint density at radius 2 is 2.07 bits per heavy atom. The lowest BCUT2D eigenvalue weighted by Crippen LogP contribution is -2.40. The third-order valence-electron chi connectivity index (χ3n) is 3.70. The van der Waals surface area contributed by atoms with Crippen LogP contribution in [-0.4, -0.2) is 41.6 Å². The summed E-state index contributed by atoms with van der Waals surface area (Å²) >= 11 is 2.11. The fraction of sp³-hybridized carbons (Fsp3) is 1.00. The third kappa shape index (κ3) is 2.26. The second-order valence-corrected chi connectivity index (χ2v) is 5.95. The van der Waals surface area contributed by atoms with Crippen molar-refractivity contribution >= 4 is 11.8 Å². The number of likely N-dealkylation sites (tertiary alicyclic amines) is 1. The first-order valence-electron chi connectivity index (χ1n) is 5.85. The molecule has 0 aliphatic carbocycles. The highest BCUT2D eigenvalue weighted by atomic mass is 32.2. The van der Waals surface area contributed by atoms with Gasteiger partial charge in [-0.25, -0.2) is 0 Å². The van der Waals surface area contributed by atoms with Crippen LogP contribution in [0.15, 0.2) is 0 Å². The van der Waals surface area contributed by atoms with Gasteiger partial charge in [0, 0.05) is 18.6 Å². The SMILES string of the molecule is CC1CC(CN)CN1C1CCSCC1. The van der Waals surface area contributed by atoms with Crippen LogP contribution in [0.4, 0.5) is 0 Å². The van der Waals surface area contributed by atoms with Gasteiger partial charge in [-0.1, -0.05) is 0 Å². The summed E-state index contributed by atoms with van der Waals surface area (Å²) in [5, 5.41) is 0. The molecule has 0 aromatic rings. The summed E-state index contributed by atoms with van der Waals surface area (Å²) in [6, 6.07) is 1.64. The Morgan fingerprint density at radius 3 is 2.64 bits per heavy atom. The molecule has 0 aromatic carbocycles. The molecule has 3 heteroatoms. The number of nitrogens with zero attached hydrogens (tertiary/aromatic N) is 1. The molecule has 2 fully saturated rings. The average Bonchev–Trinajstić information content (AvgIpc) is 2.61. The monoisotopic (exact) mass is 214 g/mol. The minimum Gasteiger partial charge on any atom is -0.330 e. The molecule has 2 aliphatic rings. The molecule has 2 rings (SSSR count). The summed E-state index contributed by atoms with van der Waals surface area (Å²) in [7, 11) is 0. The molecule has 82 valence electrons. The molecule has 2 nitrogen and oxygen atoms in total. The molecule has 0 aromatic heterocycles. The van der Waals surface area contributed by atoms with Crippen molar-refractivity contribution in [1.29, 1.82) is 0 Å². The van der Waals surface area contributed by atoms with Gasteiger partial charge < -0.3 is 5.73 Å². The Morgan fingerprint density at radius 1 is 1.36 bits per heavy atom. The Kier molecular flexibility index (Phi) is 3.74. The van der Waals surface area contributed by atoms with Gasteiger partial charge in [-0.3, -0.25) is 4.90 Å². The van der Waals surface area contributed by atoms with Crippen molar-refractivity contribution in [3.05, 3.63) is 0 Å². The predicted molar refractivity (Wildman–Crippen MR) is 63.7 cm³/mol. The first-order valence-corrected chi connectivity index (χ1v) is 7.00. The van der Waals surface area contributed by atoms with Crippen molar-refractivity contribution in [2.75, 3.05) is 24.6 Å². The van der Waals surface area contributed by atoms with E-state index in [1.807, 2.05) is 0 Å². The number of thioether (sulfide) groups is 1. The van der Waals surface area contributed by atoms with Crippen molar-refractivity contribution in [1.82, 2.24) is 4.90 Å². The Hall–Kier alpha value is 0.270. The van der Waals surface area contributed by atoms with Crippen LogP contribution in [0.25, 0.3) is 0 Å². The van der Waals surface area contributed by atoms with E-state index in [-0.39, 0.29) is 0 Å². The van der Waals surface area contributed by atoms with Gasteiger partial charge in [0.2, 0.25) is 0 Å². The highest BCUT2D eigenvalue weighted by molar-refractivity contribution is 7.99. The Bertz CT molecular complexity index is 180. The number of hydrogen-bond acceptors (Lipinski definition) is 3. The Balaban J connectivity index is 1.90. The van der Waals surface area contributed by atoms with Gasteiger partial charge in [-0.2, -0.15) is 11.8 Å². The van der Waals surface area contributed by atoms with E-state index in [1.165, 1.54) is 37.3 Å². The minimum atomic E-state index is 0.763.